The zero-order valence-electron chi connectivity index (χ0n) is 17.2. The minimum atomic E-state index is -0.0570. The molecule has 2 heterocycles. The number of hydrogen-bond acceptors (Lipinski definition) is 5. The molecular weight excluding hydrogens is 394 g/mol. The lowest BCUT2D eigenvalue weighted by atomic mass is 9.98. The van der Waals surface area contributed by atoms with E-state index in [1.165, 1.54) is 18.1 Å². The Morgan fingerprint density at radius 2 is 1.90 bits per heavy atom. The van der Waals surface area contributed by atoms with Crippen molar-refractivity contribution in [3.05, 3.63) is 72.2 Å². The predicted molar refractivity (Wildman–Crippen MR) is 121 cm³/mol. The summed E-state index contributed by atoms with van der Waals surface area (Å²) in [4.78, 5) is 21.4. The minimum Gasteiger partial charge on any atom is -0.325 e. The molecule has 0 aliphatic heterocycles. The molecule has 4 aromatic rings. The van der Waals surface area contributed by atoms with Crippen LogP contribution in [0.3, 0.4) is 0 Å². The molecule has 4 rings (SSSR count). The van der Waals surface area contributed by atoms with Gasteiger partial charge in [-0.25, -0.2) is 14.6 Å². The molecule has 0 aliphatic rings. The Morgan fingerprint density at radius 3 is 2.67 bits per heavy atom. The lowest BCUT2D eigenvalue weighted by Crippen LogP contribution is -2.16. The number of aryl methyl sites for hydroxylation is 1. The van der Waals surface area contributed by atoms with E-state index >= 15 is 0 Å². The van der Waals surface area contributed by atoms with E-state index in [9.17, 15) is 4.79 Å². The van der Waals surface area contributed by atoms with Crippen molar-refractivity contribution in [3.8, 4) is 5.69 Å². The summed E-state index contributed by atoms with van der Waals surface area (Å²) in [6.07, 6.45) is 3.27. The van der Waals surface area contributed by atoms with Gasteiger partial charge in [0.05, 0.1) is 23.0 Å². The fourth-order valence-electron chi connectivity index (χ4n) is 3.35. The molecule has 0 bridgehead atoms. The van der Waals surface area contributed by atoms with Gasteiger partial charge in [-0.3, -0.25) is 4.79 Å². The van der Waals surface area contributed by atoms with Crippen molar-refractivity contribution < 1.29 is 4.79 Å². The Bertz CT molecular complexity index is 1190. The molecule has 152 valence electrons. The number of para-hydroxylation sites is 2. The first-order valence-corrected chi connectivity index (χ1v) is 10.8. The number of nitrogens with zero attached hydrogens (tertiary/aromatic N) is 4. The van der Waals surface area contributed by atoms with Crippen LogP contribution in [-0.2, 0) is 4.79 Å². The highest BCUT2D eigenvalue weighted by molar-refractivity contribution is 8.00. The molecule has 2 aromatic heterocycles. The molecular formula is C23H23N5OS. The van der Waals surface area contributed by atoms with Gasteiger partial charge in [0.25, 0.3) is 0 Å². The van der Waals surface area contributed by atoms with Crippen molar-refractivity contribution in [1.29, 1.82) is 0 Å². The quantitative estimate of drug-likeness (QED) is 0.354. The summed E-state index contributed by atoms with van der Waals surface area (Å²) in [5.74, 6) is 0.533. The maximum Gasteiger partial charge on any atom is 0.234 e. The van der Waals surface area contributed by atoms with Gasteiger partial charge in [0.1, 0.15) is 11.4 Å². The molecule has 30 heavy (non-hydrogen) atoms. The topological polar surface area (TPSA) is 72.7 Å². The van der Waals surface area contributed by atoms with Gasteiger partial charge in [-0.1, -0.05) is 62.0 Å². The summed E-state index contributed by atoms with van der Waals surface area (Å²) in [6.45, 7) is 6.27. The average molecular weight is 418 g/mol. The van der Waals surface area contributed by atoms with Gasteiger partial charge in [-0.2, -0.15) is 5.10 Å². The zero-order valence-corrected chi connectivity index (χ0v) is 18.0. The Morgan fingerprint density at radius 1 is 1.10 bits per heavy atom. The number of fused-ring (bicyclic) bond motifs is 1. The third-order valence-electron chi connectivity index (χ3n) is 4.86. The number of nitrogens with one attached hydrogen (secondary N) is 1. The van der Waals surface area contributed by atoms with E-state index in [0.717, 1.165) is 38.6 Å². The number of anilines is 1. The number of benzene rings is 2. The molecule has 1 N–H and O–H groups in total. The van der Waals surface area contributed by atoms with Crippen LogP contribution in [0.15, 0.2) is 66.1 Å². The van der Waals surface area contributed by atoms with Gasteiger partial charge in [0, 0.05) is 5.69 Å². The highest BCUT2D eigenvalue weighted by Gasteiger charge is 2.15. The Balaban J connectivity index is 1.52. The van der Waals surface area contributed by atoms with Crippen LogP contribution in [0, 0.1) is 6.92 Å². The number of carbonyl (C=O) groups is 1. The average Bonchev–Trinajstić information content (AvgIpc) is 3.19. The second kappa shape index (κ2) is 8.67. The number of carbonyl (C=O) groups excluding carboxylic acids is 1. The minimum absolute atomic E-state index is 0.0570. The standard InChI is InChI=1S/C23H23N5OS/c1-15(2)18-11-7-8-16(3)21(18)27-20(29)13-30-23-19-12-26-28(22(19)24-14-25-23)17-9-5-4-6-10-17/h4-12,14-15H,13H2,1-3H3,(H,27,29). The smallest absolute Gasteiger partial charge is 0.234 e. The van der Waals surface area contributed by atoms with Gasteiger partial charge in [-0.05, 0) is 36.1 Å². The lowest BCUT2D eigenvalue weighted by molar-refractivity contribution is -0.113. The number of aromatic nitrogens is 4. The first-order chi connectivity index (χ1) is 14.5. The van der Waals surface area contributed by atoms with Crippen molar-refractivity contribution in [1.82, 2.24) is 19.7 Å². The van der Waals surface area contributed by atoms with Crippen LogP contribution in [-0.4, -0.2) is 31.4 Å². The van der Waals surface area contributed by atoms with Crippen LogP contribution in [0.25, 0.3) is 16.7 Å². The Kier molecular flexibility index (Phi) is 5.81. The molecule has 0 atom stereocenters. The first-order valence-electron chi connectivity index (χ1n) is 9.81. The molecule has 0 saturated carbocycles. The van der Waals surface area contributed by atoms with Crippen molar-refractivity contribution in [2.24, 2.45) is 0 Å². The fourth-order valence-corrected chi connectivity index (χ4v) is 4.11. The van der Waals surface area contributed by atoms with E-state index < -0.39 is 0 Å². The first kappa shape index (κ1) is 20.1. The molecule has 1 amide bonds. The molecule has 0 spiro atoms. The maximum atomic E-state index is 12.7. The molecule has 0 saturated heterocycles. The van der Waals surface area contributed by atoms with E-state index in [1.807, 2.05) is 49.4 Å². The fraction of sp³-hybridized carbons (Fsp3) is 0.217. The van der Waals surface area contributed by atoms with Gasteiger partial charge in [0.15, 0.2) is 5.65 Å². The number of amides is 1. The summed E-state index contributed by atoms with van der Waals surface area (Å²) in [5, 5.41) is 9.12. The second-order valence-electron chi connectivity index (χ2n) is 7.34. The third kappa shape index (κ3) is 4.07. The van der Waals surface area contributed by atoms with Crippen molar-refractivity contribution >= 4 is 34.4 Å². The highest BCUT2D eigenvalue weighted by atomic mass is 32.2. The van der Waals surface area contributed by atoms with E-state index in [2.05, 4.69) is 40.3 Å². The second-order valence-corrected chi connectivity index (χ2v) is 8.30. The van der Waals surface area contributed by atoms with Crippen molar-refractivity contribution in [2.45, 2.75) is 31.7 Å². The summed E-state index contributed by atoms with van der Waals surface area (Å²) in [6, 6.07) is 15.9. The molecule has 0 fully saturated rings. The molecule has 0 aliphatic carbocycles. The van der Waals surface area contributed by atoms with Crippen LogP contribution < -0.4 is 5.32 Å². The summed E-state index contributed by atoms with van der Waals surface area (Å²) in [5.41, 5.74) is 4.76. The van der Waals surface area contributed by atoms with Crippen LogP contribution in [0.1, 0.15) is 30.9 Å². The third-order valence-corrected chi connectivity index (χ3v) is 5.87. The maximum absolute atomic E-state index is 12.7. The summed E-state index contributed by atoms with van der Waals surface area (Å²) >= 11 is 1.39. The molecule has 7 heteroatoms. The SMILES string of the molecule is Cc1cccc(C(C)C)c1NC(=O)CSc1ncnc2c1cnn2-c1ccccc1. The van der Waals surface area contributed by atoms with E-state index in [-0.39, 0.29) is 11.7 Å². The van der Waals surface area contributed by atoms with Gasteiger partial charge in [-0.15, -0.1) is 0 Å². The summed E-state index contributed by atoms with van der Waals surface area (Å²) < 4.78 is 1.78. The number of rotatable bonds is 6. The predicted octanol–water partition coefficient (Wildman–Crippen LogP) is 4.98. The molecule has 0 unspecified atom stereocenters. The Hall–Kier alpha value is -3.19. The largest absolute Gasteiger partial charge is 0.325 e. The molecule has 6 nitrogen and oxygen atoms in total. The van der Waals surface area contributed by atoms with E-state index in [1.54, 1.807) is 10.9 Å². The normalized spacial score (nSPS) is 11.2. The van der Waals surface area contributed by atoms with Crippen LogP contribution in [0.2, 0.25) is 0 Å². The monoisotopic (exact) mass is 417 g/mol. The molecule has 2 aromatic carbocycles. The van der Waals surface area contributed by atoms with Crippen LogP contribution in [0.4, 0.5) is 5.69 Å². The van der Waals surface area contributed by atoms with Crippen LogP contribution in [0.5, 0.6) is 0 Å². The van der Waals surface area contributed by atoms with Crippen molar-refractivity contribution in [3.63, 3.8) is 0 Å². The van der Waals surface area contributed by atoms with Gasteiger partial charge >= 0.3 is 0 Å². The number of thioether (sulfide) groups is 1. The van der Waals surface area contributed by atoms with Crippen LogP contribution >= 0.6 is 11.8 Å². The molecule has 0 radical (unpaired) electrons. The lowest BCUT2D eigenvalue weighted by Gasteiger charge is -2.16. The van der Waals surface area contributed by atoms with Crippen molar-refractivity contribution in [2.75, 3.05) is 11.1 Å². The Labute approximate surface area is 179 Å². The van der Waals surface area contributed by atoms with E-state index in [4.69, 9.17) is 0 Å². The highest BCUT2D eigenvalue weighted by Crippen LogP contribution is 2.29. The zero-order chi connectivity index (χ0) is 21.1. The van der Waals surface area contributed by atoms with Gasteiger partial charge < -0.3 is 5.32 Å². The van der Waals surface area contributed by atoms with E-state index in [0.29, 0.717) is 5.92 Å². The summed E-state index contributed by atoms with van der Waals surface area (Å²) in [7, 11) is 0. The van der Waals surface area contributed by atoms with Gasteiger partial charge in [0.2, 0.25) is 5.91 Å². The number of hydrogen-bond donors (Lipinski definition) is 1.